The number of hydrogen-bond acceptors (Lipinski definition) is 2. The second-order valence-electron chi connectivity index (χ2n) is 4.00. The van der Waals surface area contributed by atoms with E-state index in [0.29, 0.717) is 10.6 Å². The summed E-state index contributed by atoms with van der Waals surface area (Å²) in [6.07, 6.45) is 0. The molecule has 2 aromatic carbocycles. The molecule has 0 radical (unpaired) electrons. The number of phenols is 1. The van der Waals surface area contributed by atoms with Crippen molar-refractivity contribution in [3.8, 4) is 16.9 Å². The van der Waals surface area contributed by atoms with Crippen LogP contribution in [0.5, 0.6) is 5.75 Å². The first kappa shape index (κ1) is 12.5. The number of hydrogen-bond donors (Lipinski definition) is 2. The molecule has 0 saturated heterocycles. The molecule has 2 rings (SSSR count). The van der Waals surface area contributed by atoms with E-state index >= 15 is 0 Å². The second-order valence-corrected chi connectivity index (χ2v) is 4.41. The van der Waals surface area contributed by atoms with Crippen LogP contribution in [-0.4, -0.2) is 16.2 Å². The normalized spacial score (nSPS) is 10.3. The fraction of sp³-hybridized carbons (Fsp3) is 0.0714. The highest BCUT2D eigenvalue weighted by atomic mass is 35.5. The van der Waals surface area contributed by atoms with Gasteiger partial charge in [0.15, 0.2) is 0 Å². The average molecular weight is 263 g/mol. The van der Waals surface area contributed by atoms with Gasteiger partial charge in [-0.2, -0.15) is 0 Å². The number of halogens is 1. The van der Waals surface area contributed by atoms with E-state index in [-0.39, 0.29) is 11.3 Å². The maximum absolute atomic E-state index is 10.8. The average Bonchev–Trinajstić information content (AvgIpc) is 2.32. The topological polar surface area (TPSA) is 57.5 Å². The lowest BCUT2D eigenvalue weighted by Crippen LogP contribution is -1.95. The minimum absolute atomic E-state index is 0.0573. The summed E-state index contributed by atoms with van der Waals surface area (Å²) < 4.78 is 0. The van der Waals surface area contributed by atoms with Gasteiger partial charge < -0.3 is 10.2 Å². The highest BCUT2D eigenvalue weighted by molar-refractivity contribution is 6.31. The molecule has 0 atom stereocenters. The lowest BCUT2D eigenvalue weighted by molar-refractivity contribution is 0.0696. The van der Waals surface area contributed by atoms with E-state index < -0.39 is 5.97 Å². The Bertz CT molecular complexity index is 620. The maximum Gasteiger partial charge on any atom is 0.335 e. The molecule has 0 aromatic heterocycles. The smallest absolute Gasteiger partial charge is 0.335 e. The zero-order valence-electron chi connectivity index (χ0n) is 9.64. The number of carbonyl (C=O) groups is 1. The van der Waals surface area contributed by atoms with Gasteiger partial charge >= 0.3 is 5.97 Å². The summed E-state index contributed by atoms with van der Waals surface area (Å²) in [6.45, 7) is 1.87. The summed E-state index contributed by atoms with van der Waals surface area (Å²) >= 11 is 5.93. The van der Waals surface area contributed by atoms with E-state index in [1.807, 2.05) is 13.0 Å². The zero-order valence-corrected chi connectivity index (χ0v) is 10.4. The minimum Gasteiger partial charge on any atom is -0.507 e. The second kappa shape index (κ2) is 4.70. The van der Waals surface area contributed by atoms with E-state index in [4.69, 9.17) is 16.7 Å². The molecule has 0 unspecified atom stereocenters. The summed E-state index contributed by atoms with van der Waals surface area (Å²) in [4.78, 5) is 10.8. The summed E-state index contributed by atoms with van der Waals surface area (Å²) in [5.74, 6) is -1.12. The van der Waals surface area contributed by atoms with Gasteiger partial charge in [0.05, 0.1) is 5.56 Å². The third-order valence-electron chi connectivity index (χ3n) is 2.71. The van der Waals surface area contributed by atoms with E-state index in [1.165, 1.54) is 12.1 Å². The SMILES string of the molecule is Cc1cc(-c2ccc(C(=O)O)cc2O)ccc1Cl. The van der Waals surface area contributed by atoms with Gasteiger partial charge in [0.25, 0.3) is 0 Å². The highest BCUT2D eigenvalue weighted by Gasteiger charge is 2.09. The Hall–Kier alpha value is -2.00. The largest absolute Gasteiger partial charge is 0.507 e. The van der Waals surface area contributed by atoms with Crippen molar-refractivity contribution in [2.24, 2.45) is 0 Å². The molecule has 0 aliphatic carbocycles. The van der Waals surface area contributed by atoms with Crippen LogP contribution in [0.25, 0.3) is 11.1 Å². The van der Waals surface area contributed by atoms with Crippen LogP contribution in [0.15, 0.2) is 36.4 Å². The molecule has 0 bridgehead atoms. The Morgan fingerprint density at radius 1 is 1.17 bits per heavy atom. The van der Waals surface area contributed by atoms with Crippen LogP contribution in [0.3, 0.4) is 0 Å². The van der Waals surface area contributed by atoms with Crippen molar-refractivity contribution in [3.63, 3.8) is 0 Å². The predicted molar refractivity (Wildman–Crippen MR) is 70.2 cm³/mol. The van der Waals surface area contributed by atoms with Crippen LogP contribution in [0.1, 0.15) is 15.9 Å². The maximum atomic E-state index is 10.8. The van der Waals surface area contributed by atoms with Crippen LogP contribution in [-0.2, 0) is 0 Å². The molecule has 0 spiro atoms. The molecule has 4 heteroatoms. The van der Waals surface area contributed by atoms with Gasteiger partial charge in [-0.15, -0.1) is 0 Å². The number of benzene rings is 2. The monoisotopic (exact) mass is 262 g/mol. The van der Waals surface area contributed by atoms with Crippen LogP contribution >= 0.6 is 11.6 Å². The number of aromatic carboxylic acids is 1. The first-order chi connectivity index (χ1) is 8.49. The van der Waals surface area contributed by atoms with E-state index in [2.05, 4.69) is 0 Å². The molecule has 2 N–H and O–H groups in total. The fourth-order valence-corrected chi connectivity index (χ4v) is 1.84. The molecular weight excluding hydrogens is 252 g/mol. The summed E-state index contributed by atoms with van der Waals surface area (Å²) in [5.41, 5.74) is 2.34. The van der Waals surface area contributed by atoms with Crippen molar-refractivity contribution in [3.05, 3.63) is 52.5 Å². The Balaban J connectivity index is 2.51. The molecule has 0 fully saturated rings. The van der Waals surface area contributed by atoms with Gasteiger partial charge in [-0.05, 0) is 48.4 Å². The van der Waals surface area contributed by atoms with Crippen molar-refractivity contribution < 1.29 is 15.0 Å². The predicted octanol–water partition coefficient (Wildman–Crippen LogP) is 3.72. The number of carboxylic acids is 1. The van der Waals surface area contributed by atoms with Crippen LogP contribution in [0, 0.1) is 6.92 Å². The van der Waals surface area contributed by atoms with E-state index in [1.54, 1.807) is 18.2 Å². The quantitative estimate of drug-likeness (QED) is 0.867. The first-order valence-electron chi connectivity index (χ1n) is 5.32. The molecule has 18 heavy (non-hydrogen) atoms. The van der Waals surface area contributed by atoms with Crippen molar-refractivity contribution in [2.45, 2.75) is 6.92 Å². The molecule has 0 saturated carbocycles. The van der Waals surface area contributed by atoms with Crippen molar-refractivity contribution in [2.75, 3.05) is 0 Å². The Morgan fingerprint density at radius 3 is 2.44 bits per heavy atom. The number of phenolic OH excluding ortho intramolecular Hbond substituents is 1. The number of carboxylic acid groups (broad SMARTS) is 1. The van der Waals surface area contributed by atoms with Crippen LogP contribution in [0.4, 0.5) is 0 Å². The molecule has 92 valence electrons. The van der Waals surface area contributed by atoms with Crippen LogP contribution in [0.2, 0.25) is 5.02 Å². The van der Waals surface area contributed by atoms with Crippen molar-refractivity contribution in [1.29, 1.82) is 0 Å². The number of aryl methyl sites for hydroxylation is 1. The Labute approximate surface area is 109 Å². The molecule has 2 aromatic rings. The molecular formula is C14H11ClO3. The lowest BCUT2D eigenvalue weighted by atomic mass is 10.0. The highest BCUT2D eigenvalue weighted by Crippen LogP contribution is 2.32. The van der Waals surface area contributed by atoms with Crippen LogP contribution < -0.4 is 0 Å². The number of rotatable bonds is 2. The lowest BCUT2D eigenvalue weighted by Gasteiger charge is -2.07. The molecule has 0 heterocycles. The van der Waals surface area contributed by atoms with E-state index in [0.717, 1.165) is 11.1 Å². The zero-order chi connectivity index (χ0) is 13.3. The Morgan fingerprint density at radius 2 is 1.89 bits per heavy atom. The van der Waals surface area contributed by atoms with Gasteiger partial charge in [-0.25, -0.2) is 4.79 Å². The third-order valence-corrected chi connectivity index (χ3v) is 3.14. The van der Waals surface area contributed by atoms with E-state index in [9.17, 15) is 9.90 Å². The van der Waals surface area contributed by atoms with Gasteiger partial charge in [0.2, 0.25) is 0 Å². The summed E-state index contributed by atoms with van der Waals surface area (Å²) in [5, 5.41) is 19.3. The minimum atomic E-state index is -1.07. The van der Waals surface area contributed by atoms with Gasteiger partial charge in [0.1, 0.15) is 5.75 Å². The van der Waals surface area contributed by atoms with Crippen molar-refractivity contribution >= 4 is 17.6 Å². The van der Waals surface area contributed by atoms with Gasteiger partial charge in [-0.1, -0.05) is 17.7 Å². The summed E-state index contributed by atoms with van der Waals surface area (Å²) in [7, 11) is 0. The van der Waals surface area contributed by atoms with Gasteiger partial charge in [0, 0.05) is 10.6 Å². The van der Waals surface area contributed by atoms with Crippen molar-refractivity contribution in [1.82, 2.24) is 0 Å². The number of aromatic hydroxyl groups is 1. The molecule has 0 amide bonds. The fourth-order valence-electron chi connectivity index (χ4n) is 1.72. The molecule has 0 aliphatic heterocycles. The standard InChI is InChI=1S/C14H11ClO3/c1-8-6-9(3-5-12(8)15)11-4-2-10(14(17)18)7-13(11)16/h2-7,16H,1H3,(H,17,18). The van der Waals surface area contributed by atoms with Gasteiger partial charge in [-0.3, -0.25) is 0 Å². The molecule has 3 nitrogen and oxygen atoms in total. The first-order valence-corrected chi connectivity index (χ1v) is 5.69. The summed E-state index contributed by atoms with van der Waals surface area (Å²) in [6, 6.07) is 9.66. The third kappa shape index (κ3) is 2.31. The molecule has 0 aliphatic rings. The Kier molecular flexibility index (Phi) is 3.26.